The SMILES string of the molecule is Cc1ccc(CN(C(=O)Cc2ccccc2)C(C(=O)Nc2ccc(N(C)C)cc2)C2CC=CCC2)cc1. The zero-order chi connectivity index (χ0) is 26.2. The molecule has 5 nitrogen and oxygen atoms in total. The number of carbonyl (C=O) groups excluding carboxylic acids is 2. The van der Waals surface area contributed by atoms with Crippen molar-refractivity contribution in [2.75, 3.05) is 24.3 Å². The van der Waals surface area contributed by atoms with Gasteiger partial charge in [-0.25, -0.2) is 0 Å². The van der Waals surface area contributed by atoms with Gasteiger partial charge in [0.1, 0.15) is 6.04 Å². The first-order chi connectivity index (χ1) is 17.9. The quantitative estimate of drug-likeness (QED) is 0.371. The molecule has 0 heterocycles. The van der Waals surface area contributed by atoms with Crippen LogP contribution >= 0.6 is 0 Å². The third kappa shape index (κ3) is 7.10. The molecule has 0 saturated heterocycles. The van der Waals surface area contributed by atoms with Gasteiger partial charge in [0.2, 0.25) is 11.8 Å². The summed E-state index contributed by atoms with van der Waals surface area (Å²) < 4.78 is 0. The second-order valence-corrected chi connectivity index (χ2v) is 10.1. The highest BCUT2D eigenvalue weighted by molar-refractivity contribution is 5.97. The van der Waals surface area contributed by atoms with Crippen molar-refractivity contribution in [1.29, 1.82) is 0 Å². The van der Waals surface area contributed by atoms with Crippen LogP contribution in [0, 0.1) is 12.8 Å². The summed E-state index contributed by atoms with van der Waals surface area (Å²) in [5.41, 5.74) is 4.93. The zero-order valence-electron chi connectivity index (χ0n) is 22.1. The summed E-state index contributed by atoms with van der Waals surface area (Å²) in [5.74, 6) is -0.118. The van der Waals surface area contributed by atoms with E-state index in [1.807, 2.05) is 97.5 Å². The van der Waals surface area contributed by atoms with Gasteiger partial charge in [0.05, 0.1) is 6.42 Å². The minimum absolute atomic E-state index is 0.0376. The average molecular weight is 496 g/mol. The standard InChI is InChI=1S/C32H37N3O2/c1-24-14-16-26(17-15-24)23-35(30(36)22-25-10-6-4-7-11-25)31(27-12-8-5-9-13-27)32(37)33-28-18-20-29(21-19-28)34(2)3/h4-8,10-11,14-21,27,31H,9,12-13,22-23H2,1-3H3,(H,33,37). The van der Waals surface area contributed by atoms with Crippen molar-refractivity contribution < 1.29 is 9.59 Å². The fourth-order valence-electron chi connectivity index (χ4n) is 4.88. The molecule has 1 aliphatic carbocycles. The lowest BCUT2D eigenvalue weighted by atomic mass is 9.85. The Kier molecular flexibility index (Phi) is 8.78. The van der Waals surface area contributed by atoms with Crippen LogP contribution in [0.15, 0.2) is 91.0 Å². The van der Waals surface area contributed by atoms with Crippen LogP contribution in [-0.4, -0.2) is 36.9 Å². The molecule has 0 bridgehead atoms. The first kappa shape index (κ1) is 26.2. The van der Waals surface area contributed by atoms with Gasteiger partial charge >= 0.3 is 0 Å². The number of allylic oxidation sites excluding steroid dienone is 2. The lowest BCUT2D eigenvalue weighted by Gasteiger charge is -2.37. The van der Waals surface area contributed by atoms with Crippen LogP contribution in [-0.2, 0) is 22.6 Å². The number of carbonyl (C=O) groups is 2. The molecular formula is C32H37N3O2. The van der Waals surface area contributed by atoms with E-state index in [0.29, 0.717) is 6.54 Å². The fourth-order valence-corrected chi connectivity index (χ4v) is 4.88. The average Bonchev–Trinajstić information content (AvgIpc) is 2.91. The Morgan fingerprint density at radius 1 is 0.892 bits per heavy atom. The van der Waals surface area contributed by atoms with Crippen LogP contribution < -0.4 is 10.2 Å². The Bertz CT molecular complexity index is 1200. The van der Waals surface area contributed by atoms with Crippen molar-refractivity contribution in [1.82, 2.24) is 4.90 Å². The lowest BCUT2D eigenvalue weighted by molar-refractivity contribution is -0.141. The summed E-state index contributed by atoms with van der Waals surface area (Å²) in [6.07, 6.45) is 7.14. The highest BCUT2D eigenvalue weighted by atomic mass is 16.2. The normalized spacial score (nSPS) is 15.6. The molecule has 0 aromatic heterocycles. The lowest BCUT2D eigenvalue weighted by Crippen LogP contribution is -2.51. The van der Waals surface area contributed by atoms with Crippen molar-refractivity contribution in [2.45, 2.75) is 45.2 Å². The van der Waals surface area contributed by atoms with Crippen LogP contribution in [0.3, 0.4) is 0 Å². The number of amides is 2. The molecule has 5 heteroatoms. The predicted octanol–water partition coefficient (Wildman–Crippen LogP) is 6.00. The maximum atomic E-state index is 13.9. The number of anilines is 2. The predicted molar refractivity (Wildman–Crippen MR) is 152 cm³/mol. The zero-order valence-corrected chi connectivity index (χ0v) is 22.1. The first-order valence-electron chi connectivity index (χ1n) is 13.0. The molecule has 3 aromatic carbocycles. The van der Waals surface area contributed by atoms with Crippen molar-refractivity contribution in [3.63, 3.8) is 0 Å². The van der Waals surface area contributed by atoms with Gasteiger partial charge < -0.3 is 15.1 Å². The Labute approximate surface area is 220 Å². The van der Waals surface area contributed by atoms with Crippen LogP contribution in [0.4, 0.5) is 11.4 Å². The summed E-state index contributed by atoms with van der Waals surface area (Å²) in [5, 5.41) is 3.12. The van der Waals surface area contributed by atoms with Gasteiger partial charge in [0, 0.05) is 32.0 Å². The van der Waals surface area contributed by atoms with Crippen molar-refractivity contribution in [3.8, 4) is 0 Å². The molecular weight excluding hydrogens is 458 g/mol. The third-order valence-electron chi connectivity index (χ3n) is 7.00. The van der Waals surface area contributed by atoms with Crippen LogP contribution in [0.25, 0.3) is 0 Å². The fraction of sp³-hybridized carbons (Fsp3) is 0.312. The molecule has 0 saturated carbocycles. The Morgan fingerprint density at radius 3 is 2.22 bits per heavy atom. The summed E-state index contributed by atoms with van der Waals surface area (Å²) >= 11 is 0. The Morgan fingerprint density at radius 2 is 1.59 bits per heavy atom. The topological polar surface area (TPSA) is 52.7 Å². The van der Waals surface area contributed by atoms with Crippen molar-refractivity contribution in [3.05, 3.63) is 108 Å². The number of hydrogen-bond acceptors (Lipinski definition) is 3. The van der Waals surface area contributed by atoms with Crippen LogP contribution in [0.1, 0.15) is 36.0 Å². The number of aryl methyl sites for hydroxylation is 1. The number of hydrogen-bond donors (Lipinski definition) is 1. The highest BCUT2D eigenvalue weighted by Crippen LogP contribution is 2.29. The Balaban J connectivity index is 1.66. The molecule has 0 radical (unpaired) electrons. The van der Waals surface area contributed by atoms with Gasteiger partial charge in [-0.3, -0.25) is 9.59 Å². The van der Waals surface area contributed by atoms with Crippen LogP contribution in [0.2, 0.25) is 0 Å². The van der Waals surface area contributed by atoms with E-state index in [1.165, 1.54) is 5.56 Å². The van der Waals surface area contributed by atoms with Gasteiger partial charge in [-0.05, 0) is 67.5 Å². The second-order valence-electron chi connectivity index (χ2n) is 10.1. The smallest absolute Gasteiger partial charge is 0.247 e. The number of nitrogens with zero attached hydrogens (tertiary/aromatic N) is 2. The molecule has 2 atom stereocenters. The number of rotatable bonds is 9. The van der Waals surface area contributed by atoms with Gasteiger partial charge in [-0.15, -0.1) is 0 Å². The number of nitrogens with one attached hydrogen (secondary N) is 1. The second kappa shape index (κ2) is 12.4. The van der Waals surface area contributed by atoms with E-state index in [-0.39, 0.29) is 24.2 Å². The molecule has 0 spiro atoms. The third-order valence-corrected chi connectivity index (χ3v) is 7.00. The summed E-state index contributed by atoms with van der Waals surface area (Å²) in [6.45, 7) is 2.44. The minimum atomic E-state index is -0.573. The molecule has 37 heavy (non-hydrogen) atoms. The van der Waals surface area contributed by atoms with E-state index in [1.54, 1.807) is 0 Å². The van der Waals surface area contributed by atoms with E-state index in [0.717, 1.165) is 41.8 Å². The maximum Gasteiger partial charge on any atom is 0.247 e. The molecule has 1 N–H and O–H groups in total. The molecule has 192 valence electrons. The van der Waals surface area contributed by atoms with E-state index < -0.39 is 6.04 Å². The van der Waals surface area contributed by atoms with Crippen molar-refractivity contribution in [2.24, 2.45) is 5.92 Å². The monoisotopic (exact) mass is 495 g/mol. The summed E-state index contributed by atoms with van der Waals surface area (Å²) in [7, 11) is 3.98. The van der Waals surface area contributed by atoms with E-state index >= 15 is 0 Å². The van der Waals surface area contributed by atoms with Gasteiger partial charge in [0.15, 0.2) is 0 Å². The largest absolute Gasteiger partial charge is 0.378 e. The van der Waals surface area contributed by atoms with Gasteiger partial charge in [-0.2, -0.15) is 0 Å². The van der Waals surface area contributed by atoms with E-state index in [9.17, 15) is 9.59 Å². The first-order valence-corrected chi connectivity index (χ1v) is 13.0. The molecule has 2 amide bonds. The van der Waals surface area contributed by atoms with Crippen LogP contribution in [0.5, 0.6) is 0 Å². The Hall–Kier alpha value is -3.86. The molecule has 0 aliphatic heterocycles. The van der Waals surface area contributed by atoms with Gasteiger partial charge in [-0.1, -0.05) is 72.3 Å². The molecule has 3 aromatic rings. The molecule has 4 rings (SSSR count). The maximum absolute atomic E-state index is 13.9. The molecule has 0 fully saturated rings. The summed E-state index contributed by atoms with van der Waals surface area (Å²) in [4.78, 5) is 31.6. The summed E-state index contributed by atoms with van der Waals surface area (Å²) in [6, 6.07) is 25.2. The van der Waals surface area contributed by atoms with E-state index in [2.05, 4.69) is 29.6 Å². The van der Waals surface area contributed by atoms with Crippen molar-refractivity contribution >= 4 is 23.2 Å². The molecule has 2 unspecified atom stereocenters. The minimum Gasteiger partial charge on any atom is -0.378 e. The van der Waals surface area contributed by atoms with Gasteiger partial charge in [0.25, 0.3) is 0 Å². The number of benzene rings is 3. The molecule has 1 aliphatic rings. The highest BCUT2D eigenvalue weighted by Gasteiger charge is 2.36. The van der Waals surface area contributed by atoms with E-state index in [4.69, 9.17) is 0 Å².